The second kappa shape index (κ2) is 47.6. The Hall–Kier alpha value is -12.6. The Balaban J connectivity index is 0.000000320. The molecule has 5 aromatic carbocycles. The zero-order valence-corrected chi connectivity index (χ0v) is 68.8. The van der Waals surface area contributed by atoms with Gasteiger partial charge in [-0.15, -0.1) is 0 Å². The summed E-state index contributed by atoms with van der Waals surface area (Å²) in [6.07, 6.45) is 8.60. The molecule has 8 unspecified atom stereocenters. The van der Waals surface area contributed by atoms with Crippen LogP contribution in [0.5, 0.6) is 0 Å². The molecule has 1 aromatic heterocycles. The number of nitrogens with zero attached hydrogens (tertiary/aromatic N) is 1. The molecule has 0 aliphatic heterocycles. The number of hydrogen-bond donors (Lipinski definition) is 15. The van der Waals surface area contributed by atoms with Crippen LogP contribution in [-0.4, -0.2) is 147 Å². The normalized spacial score (nSPS) is 13.7. The number of aryl methyl sites for hydroxylation is 2. The van der Waals surface area contributed by atoms with Crippen molar-refractivity contribution >= 4 is 123 Å². The monoisotopic (exact) mass is 1660 g/mol. The quantitative estimate of drug-likeness (QED) is 0.0171. The zero-order chi connectivity index (χ0) is 86.9. The fourth-order valence-corrected chi connectivity index (χ4v) is 12.9. The molecule has 30 nitrogen and oxygen atoms in total. The van der Waals surface area contributed by atoms with Crippen molar-refractivity contribution in [2.45, 2.75) is 184 Å². The van der Waals surface area contributed by atoms with Crippen LogP contribution in [-0.2, 0) is 76.8 Å². The number of halogens is 1. The Bertz CT molecular complexity index is 4590. The maximum atomic E-state index is 13.6. The number of rotatable bonds is 38. The number of primary amides is 2. The number of Topliss-reactive ketones (excluding diaryl/α,β-unsaturated/α-hetero) is 1. The van der Waals surface area contributed by atoms with Crippen LogP contribution in [0.25, 0.3) is 11.1 Å². The first-order valence-electron chi connectivity index (χ1n) is 38.9. The molecule has 13 amide bonds. The molecule has 2 aliphatic rings. The van der Waals surface area contributed by atoms with Gasteiger partial charge in [0.1, 0.15) is 36.3 Å². The van der Waals surface area contributed by atoms with E-state index in [4.69, 9.17) is 28.2 Å². The summed E-state index contributed by atoms with van der Waals surface area (Å²) < 4.78 is 0. The molecule has 1 heterocycles. The van der Waals surface area contributed by atoms with Crippen LogP contribution in [0.3, 0.4) is 0 Å². The minimum Gasteiger partial charge on any atom is -0.481 e. The Morgan fingerprint density at radius 2 is 0.941 bits per heavy atom. The molecule has 8 atom stereocenters. The summed E-state index contributed by atoms with van der Waals surface area (Å²) in [5, 5.41) is 47.8. The highest BCUT2D eigenvalue weighted by Gasteiger charge is 2.37. The van der Waals surface area contributed by atoms with Crippen molar-refractivity contribution in [1.82, 2.24) is 47.5 Å². The number of fused-ring (bicyclic) bond motifs is 2. The summed E-state index contributed by atoms with van der Waals surface area (Å²) in [6.45, 7) is 18.2. The van der Waals surface area contributed by atoms with E-state index >= 15 is 0 Å². The lowest BCUT2D eigenvalue weighted by molar-refractivity contribution is -0.140. The van der Waals surface area contributed by atoms with Crippen LogP contribution in [0.2, 0.25) is 5.02 Å². The largest absolute Gasteiger partial charge is 0.481 e. The number of urea groups is 2. The van der Waals surface area contributed by atoms with Gasteiger partial charge < -0.3 is 80.2 Å². The highest BCUT2D eigenvalue weighted by Crippen LogP contribution is 2.33. The molecule has 0 spiro atoms. The first kappa shape index (κ1) is 97.0. The first-order valence-corrected chi connectivity index (χ1v) is 39.3. The number of hydrogen-bond acceptors (Lipinski definition) is 15. The van der Waals surface area contributed by atoms with E-state index in [0.29, 0.717) is 41.3 Å². The lowest BCUT2D eigenvalue weighted by Crippen LogP contribution is -2.58. The summed E-state index contributed by atoms with van der Waals surface area (Å²) >= 11 is 5.89. The molecule has 17 N–H and O–H groups in total. The van der Waals surface area contributed by atoms with Gasteiger partial charge >= 0.3 is 24.0 Å². The molecule has 0 saturated heterocycles. The van der Waals surface area contributed by atoms with Gasteiger partial charge in [0.25, 0.3) is 0 Å². The average molecular weight is 1660 g/mol. The molecule has 6 aromatic rings. The minimum atomic E-state index is -1.50. The van der Waals surface area contributed by atoms with Crippen LogP contribution < -0.4 is 70.0 Å². The zero-order valence-electron chi connectivity index (χ0n) is 68.1. The van der Waals surface area contributed by atoms with Gasteiger partial charge in [0.05, 0.1) is 25.3 Å². The maximum absolute atomic E-state index is 13.6. The van der Waals surface area contributed by atoms with Gasteiger partial charge in [-0.1, -0.05) is 170 Å². The molecular formula is C88H113ClN14O16. The third kappa shape index (κ3) is 33.9. The smallest absolute Gasteiger partial charge is 0.319 e. The Kier molecular flexibility index (Phi) is 38.8. The van der Waals surface area contributed by atoms with Crippen molar-refractivity contribution < 1.29 is 77.3 Å². The predicted octanol–water partition coefficient (Wildman–Crippen LogP) is 9.41. The third-order valence-corrected chi connectivity index (χ3v) is 19.4. The molecule has 0 saturated carbocycles. The van der Waals surface area contributed by atoms with Crippen molar-refractivity contribution in [1.29, 1.82) is 0 Å². The standard InChI is InChI=1S/C33H42N6O7.C28H33ClN4O5.C26H34N4O4.CH4/c1-18(2)15-26(38-30(43)20(4)35-33(46)36-23-13-9-19(3)10-14-23)31(44)39-27(32(45)37-25(29(34)42)17-28(40)41)16-22-12-11-21-7-5-6-8-24(21)22;1-17(2)15-23(33-28(38)31-21-11-9-20(29)10-12-21)27(37)32-24(26(36)30-14-13-25(34)35)16-19-8-7-18-5-3-4-6-22(18)19;1-17-7-9-20(10-8-17)30-23(32)14-22(26(2,3)4)25(34)29-16-21(31)13-19(24(27)33)12-18-6-5-11-28-15-18;/h5-10,12-14,18,20,25-27H,11,15-17H2,1-4H3,(H2,34,42)(H,37,45)(H,38,43)(H,39,44)(H,40,41)(H2,35,36,46);3-6,8-12,17,23-24H,7,13-16H2,1-2H3,(H,30,36)(H,32,37)(H,34,35)(H2,31,33,38);5-11,15,19,22H,12-14,16H2,1-4H3,(H2,27,33)(H,29,34)(H,30,32);1H4. The second-order valence-corrected chi connectivity index (χ2v) is 31.5. The first-order chi connectivity index (χ1) is 55.8. The number of ketones is 1. The number of carboxylic acids is 2. The number of allylic oxidation sites excluding steroid dienone is 2. The van der Waals surface area contributed by atoms with E-state index in [1.54, 1.807) is 67.0 Å². The molecule has 0 bridgehead atoms. The maximum Gasteiger partial charge on any atom is 0.319 e. The Morgan fingerprint density at radius 1 is 0.479 bits per heavy atom. The number of aliphatic carboxylic acids is 2. The lowest BCUT2D eigenvalue weighted by Gasteiger charge is -2.29. The predicted molar refractivity (Wildman–Crippen MR) is 456 cm³/mol. The Labute approximate surface area is 699 Å². The highest BCUT2D eigenvalue weighted by molar-refractivity contribution is 6.30. The van der Waals surface area contributed by atoms with Gasteiger partial charge in [-0.2, -0.15) is 0 Å². The van der Waals surface area contributed by atoms with E-state index in [9.17, 15) is 72.2 Å². The third-order valence-electron chi connectivity index (χ3n) is 19.1. The fourth-order valence-electron chi connectivity index (χ4n) is 12.8. The molecule has 638 valence electrons. The number of nitrogens with two attached hydrogens (primary N) is 2. The topological polar surface area (TPSA) is 477 Å². The highest BCUT2D eigenvalue weighted by atomic mass is 35.5. The summed E-state index contributed by atoms with van der Waals surface area (Å²) in [5.41, 5.74) is 20.7. The summed E-state index contributed by atoms with van der Waals surface area (Å²) in [5.74, 6) is -9.36. The van der Waals surface area contributed by atoms with Crippen LogP contribution in [0, 0.1) is 42.9 Å². The molecule has 0 fully saturated rings. The van der Waals surface area contributed by atoms with E-state index in [2.05, 4.69) is 63.5 Å². The van der Waals surface area contributed by atoms with Crippen molar-refractivity contribution in [3.63, 3.8) is 0 Å². The number of aromatic nitrogens is 1. The van der Waals surface area contributed by atoms with E-state index < -0.39 is 125 Å². The number of nitrogens with one attached hydrogen (secondary N) is 11. The molecule has 119 heavy (non-hydrogen) atoms. The SMILES string of the molecule is C.CC(C)CC(NC(=O)Nc1ccc(Cl)cc1)C(=O)NC(CC1=CCc2ccccc21)C(=O)NCCC(=O)O.Cc1ccc(NC(=O)CC(C(=O)NCC(=O)CC(Cc2cccnc2)C(N)=O)C(C)(C)C)cc1.Cc1ccc(NC(=O)NC(C)C(=O)NC(CC(C)C)C(=O)NC(CC2=CCc3ccccc32)C(=O)NC(CC(=O)O)C(N)=O)cc1. The molecule has 2 aliphatic carbocycles. The number of carboxylic acid groups (broad SMARTS) is 2. The van der Waals surface area contributed by atoms with Gasteiger partial charge in [0.15, 0.2) is 5.78 Å². The number of benzene rings is 5. The number of pyridine rings is 1. The van der Waals surface area contributed by atoms with Gasteiger partial charge in [0.2, 0.25) is 53.2 Å². The summed E-state index contributed by atoms with van der Waals surface area (Å²) in [4.78, 5) is 180. The van der Waals surface area contributed by atoms with Gasteiger partial charge in [-0.05, 0) is 164 Å². The molecule has 31 heteroatoms. The van der Waals surface area contributed by atoms with Crippen molar-refractivity contribution in [3.8, 4) is 0 Å². The van der Waals surface area contributed by atoms with Crippen LogP contribution in [0.1, 0.15) is 153 Å². The number of anilines is 3. The average Bonchev–Trinajstić information content (AvgIpc) is 1.70. The van der Waals surface area contributed by atoms with Crippen LogP contribution in [0.15, 0.2) is 158 Å². The number of carbonyl (C=O) groups is 14. The van der Waals surface area contributed by atoms with Gasteiger partial charge in [-0.3, -0.25) is 62.5 Å². The van der Waals surface area contributed by atoms with Crippen molar-refractivity contribution in [2.75, 3.05) is 29.0 Å². The molecule has 0 radical (unpaired) electrons. The van der Waals surface area contributed by atoms with Gasteiger partial charge in [0, 0.05) is 72.6 Å². The minimum absolute atomic E-state index is 0. The second-order valence-electron chi connectivity index (χ2n) is 31.0. The van der Waals surface area contributed by atoms with E-state index in [-0.39, 0.29) is 88.5 Å². The Morgan fingerprint density at radius 3 is 1.41 bits per heavy atom. The van der Waals surface area contributed by atoms with Crippen LogP contribution >= 0.6 is 11.6 Å². The lowest BCUT2D eigenvalue weighted by atomic mass is 9.78. The number of carbonyl (C=O) groups excluding carboxylic acids is 12. The van der Waals surface area contributed by atoms with E-state index in [0.717, 1.165) is 56.5 Å². The number of amides is 13. The molecule has 8 rings (SSSR count). The summed E-state index contributed by atoms with van der Waals surface area (Å²) in [6, 6.07) is 32.2. The van der Waals surface area contributed by atoms with Gasteiger partial charge in [-0.25, -0.2) is 9.59 Å². The fraction of sp³-hybridized carbons (Fsp3) is 0.398. The van der Waals surface area contributed by atoms with Crippen molar-refractivity contribution in [3.05, 3.63) is 202 Å². The van der Waals surface area contributed by atoms with E-state index in [1.807, 2.05) is 153 Å². The molecular weight excluding hydrogens is 1540 g/mol. The van der Waals surface area contributed by atoms with Crippen molar-refractivity contribution in [2.24, 2.45) is 40.6 Å². The summed E-state index contributed by atoms with van der Waals surface area (Å²) in [7, 11) is 0. The van der Waals surface area contributed by atoms with Crippen LogP contribution in [0.4, 0.5) is 26.7 Å². The van der Waals surface area contributed by atoms with E-state index in [1.165, 1.54) is 6.92 Å².